The number of aromatic nitrogens is 4. The van der Waals surface area contributed by atoms with Crippen LogP contribution in [-0.2, 0) is 4.79 Å². The third-order valence-corrected chi connectivity index (χ3v) is 5.22. The van der Waals surface area contributed by atoms with Crippen LogP contribution in [0.2, 0.25) is 0 Å². The first kappa shape index (κ1) is 19.2. The van der Waals surface area contributed by atoms with Crippen LogP contribution in [0.15, 0.2) is 30.5 Å². The standard InChI is InChI=1S/C21H26N6O2/c1-14(2)21(28)26-11-9-25(10-12-26)19-18-13-22-27(20(18)24-15(3)23-19)16-5-7-17(29-4)8-6-16/h5-8,13-14H,9-12H2,1-4H3. The fraction of sp³-hybridized carbons (Fsp3) is 0.429. The van der Waals surface area contributed by atoms with E-state index in [4.69, 9.17) is 9.72 Å². The van der Waals surface area contributed by atoms with Crippen molar-refractivity contribution in [1.82, 2.24) is 24.6 Å². The summed E-state index contributed by atoms with van der Waals surface area (Å²) in [5, 5.41) is 5.48. The number of ether oxygens (including phenoxy) is 1. The lowest BCUT2D eigenvalue weighted by Gasteiger charge is -2.36. The van der Waals surface area contributed by atoms with E-state index in [9.17, 15) is 4.79 Å². The van der Waals surface area contributed by atoms with E-state index in [0.29, 0.717) is 18.9 Å². The predicted octanol–water partition coefficient (Wildman–Crippen LogP) is 2.44. The Morgan fingerprint density at radius 3 is 2.38 bits per heavy atom. The maximum atomic E-state index is 12.3. The van der Waals surface area contributed by atoms with Crippen LogP contribution in [0, 0.1) is 12.8 Å². The van der Waals surface area contributed by atoms with Gasteiger partial charge in [-0.05, 0) is 31.2 Å². The van der Waals surface area contributed by atoms with Gasteiger partial charge in [-0.3, -0.25) is 4.79 Å². The Kier molecular flexibility index (Phi) is 5.08. The lowest BCUT2D eigenvalue weighted by molar-refractivity contribution is -0.134. The monoisotopic (exact) mass is 394 g/mol. The molecule has 1 amide bonds. The zero-order valence-corrected chi connectivity index (χ0v) is 17.3. The van der Waals surface area contributed by atoms with Gasteiger partial charge in [0.1, 0.15) is 17.4 Å². The van der Waals surface area contributed by atoms with Gasteiger partial charge < -0.3 is 14.5 Å². The normalized spacial score (nSPS) is 14.7. The van der Waals surface area contributed by atoms with Crippen molar-refractivity contribution >= 4 is 22.8 Å². The Morgan fingerprint density at radius 2 is 1.76 bits per heavy atom. The zero-order chi connectivity index (χ0) is 20.5. The van der Waals surface area contributed by atoms with Crippen LogP contribution >= 0.6 is 0 Å². The van der Waals surface area contributed by atoms with Crippen molar-refractivity contribution in [2.75, 3.05) is 38.2 Å². The smallest absolute Gasteiger partial charge is 0.225 e. The number of methoxy groups -OCH3 is 1. The molecule has 0 bridgehead atoms. The van der Waals surface area contributed by atoms with E-state index in [1.165, 1.54) is 0 Å². The number of rotatable bonds is 4. The van der Waals surface area contributed by atoms with Crippen molar-refractivity contribution in [3.8, 4) is 11.4 Å². The Bertz CT molecular complexity index is 1020. The Labute approximate surface area is 170 Å². The number of nitrogens with zero attached hydrogens (tertiary/aromatic N) is 6. The summed E-state index contributed by atoms with van der Waals surface area (Å²) in [6.07, 6.45) is 1.82. The van der Waals surface area contributed by atoms with Gasteiger partial charge in [-0.2, -0.15) is 5.10 Å². The van der Waals surface area contributed by atoms with Gasteiger partial charge in [0, 0.05) is 32.1 Å². The predicted molar refractivity (Wildman–Crippen MR) is 112 cm³/mol. The second-order valence-corrected chi connectivity index (χ2v) is 7.55. The molecule has 3 heterocycles. The van der Waals surface area contributed by atoms with E-state index in [1.54, 1.807) is 7.11 Å². The van der Waals surface area contributed by atoms with E-state index in [-0.39, 0.29) is 11.8 Å². The van der Waals surface area contributed by atoms with Gasteiger partial charge in [0.15, 0.2) is 5.65 Å². The number of aryl methyl sites for hydroxylation is 1. The van der Waals surface area contributed by atoms with Crippen LogP contribution in [0.25, 0.3) is 16.7 Å². The number of hydrogen-bond donors (Lipinski definition) is 0. The van der Waals surface area contributed by atoms with E-state index in [1.807, 2.05) is 60.8 Å². The van der Waals surface area contributed by atoms with E-state index < -0.39 is 0 Å². The Hall–Kier alpha value is -3.16. The molecule has 2 aromatic heterocycles. The van der Waals surface area contributed by atoms with E-state index >= 15 is 0 Å². The molecule has 4 rings (SSSR count). The molecule has 1 aliphatic heterocycles. The largest absolute Gasteiger partial charge is 0.497 e. The highest BCUT2D eigenvalue weighted by Crippen LogP contribution is 2.27. The van der Waals surface area contributed by atoms with Gasteiger partial charge in [-0.25, -0.2) is 14.6 Å². The summed E-state index contributed by atoms with van der Waals surface area (Å²) in [7, 11) is 1.65. The average Bonchev–Trinajstić information content (AvgIpc) is 3.16. The molecule has 0 saturated carbocycles. The summed E-state index contributed by atoms with van der Waals surface area (Å²) in [5.74, 6) is 2.61. The minimum absolute atomic E-state index is 0.0253. The highest BCUT2D eigenvalue weighted by Gasteiger charge is 2.25. The van der Waals surface area contributed by atoms with E-state index in [2.05, 4.69) is 15.0 Å². The summed E-state index contributed by atoms with van der Waals surface area (Å²) in [4.78, 5) is 25.8. The number of fused-ring (bicyclic) bond motifs is 1. The molecule has 1 saturated heterocycles. The molecule has 1 fully saturated rings. The molecule has 0 N–H and O–H groups in total. The topological polar surface area (TPSA) is 76.4 Å². The minimum atomic E-state index is 0.0253. The summed E-state index contributed by atoms with van der Waals surface area (Å²) >= 11 is 0. The summed E-state index contributed by atoms with van der Waals surface area (Å²) in [5.41, 5.74) is 1.69. The minimum Gasteiger partial charge on any atom is -0.497 e. The van der Waals surface area contributed by atoms with Gasteiger partial charge >= 0.3 is 0 Å². The van der Waals surface area contributed by atoms with Crippen LogP contribution in [0.5, 0.6) is 5.75 Å². The highest BCUT2D eigenvalue weighted by atomic mass is 16.5. The fourth-order valence-electron chi connectivity index (χ4n) is 3.66. The van der Waals surface area contributed by atoms with Crippen LogP contribution in [0.3, 0.4) is 0 Å². The molecule has 3 aromatic rings. The number of anilines is 1. The van der Waals surface area contributed by atoms with Gasteiger partial charge in [-0.15, -0.1) is 0 Å². The fourth-order valence-corrected chi connectivity index (χ4v) is 3.66. The van der Waals surface area contributed by atoms with Gasteiger partial charge in [0.05, 0.1) is 24.4 Å². The first-order valence-electron chi connectivity index (χ1n) is 9.88. The molecular weight excluding hydrogens is 368 g/mol. The first-order valence-corrected chi connectivity index (χ1v) is 9.88. The van der Waals surface area contributed by atoms with Gasteiger partial charge in [-0.1, -0.05) is 13.8 Å². The number of carbonyl (C=O) groups is 1. The molecule has 0 atom stereocenters. The van der Waals surface area contributed by atoms with Gasteiger partial charge in [0.2, 0.25) is 5.91 Å². The molecule has 0 unspecified atom stereocenters. The summed E-state index contributed by atoms with van der Waals surface area (Å²) < 4.78 is 7.07. The molecule has 8 heteroatoms. The molecule has 1 aliphatic rings. The third kappa shape index (κ3) is 3.62. The highest BCUT2D eigenvalue weighted by molar-refractivity contribution is 5.88. The zero-order valence-electron chi connectivity index (χ0n) is 17.3. The molecule has 29 heavy (non-hydrogen) atoms. The van der Waals surface area contributed by atoms with Crippen molar-refractivity contribution in [3.05, 3.63) is 36.3 Å². The lowest BCUT2D eigenvalue weighted by atomic mass is 10.1. The second kappa shape index (κ2) is 7.69. The van der Waals surface area contributed by atoms with Crippen molar-refractivity contribution in [2.24, 2.45) is 5.92 Å². The molecule has 152 valence electrons. The third-order valence-electron chi connectivity index (χ3n) is 5.22. The van der Waals surface area contributed by atoms with Crippen LogP contribution < -0.4 is 9.64 Å². The summed E-state index contributed by atoms with van der Waals surface area (Å²) in [6, 6.07) is 7.73. The van der Waals surface area contributed by atoms with Crippen LogP contribution in [0.1, 0.15) is 19.7 Å². The number of hydrogen-bond acceptors (Lipinski definition) is 6. The van der Waals surface area contributed by atoms with E-state index in [0.717, 1.165) is 41.4 Å². The first-order chi connectivity index (χ1) is 14.0. The molecule has 0 aliphatic carbocycles. The molecule has 0 spiro atoms. The molecule has 1 aromatic carbocycles. The average molecular weight is 394 g/mol. The Morgan fingerprint density at radius 1 is 1.07 bits per heavy atom. The molecule has 8 nitrogen and oxygen atoms in total. The van der Waals surface area contributed by atoms with Gasteiger partial charge in [0.25, 0.3) is 0 Å². The lowest BCUT2D eigenvalue weighted by Crippen LogP contribution is -2.50. The second-order valence-electron chi connectivity index (χ2n) is 7.55. The number of benzene rings is 1. The van der Waals surface area contributed by atoms with Crippen LogP contribution in [-0.4, -0.2) is 63.8 Å². The number of carbonyl (C=O) groups excluding carboxylic acids is 1. The van der Waals surface area contributed by atoms with Crippen LogP contribution in [0.4, 0.5) is 5.82 Å². The number of piperazine rings is 1. The number of amides is 1. The van der Waals surface area contributed by atoms with Crippen molar-refractivity contribution < 1.29 is 9.53 Å². The summed E-state index contributed by atoms with van der Waals surface area (Å²) in [6.45, 7) is 8.68. The van der Waals surface area contributed by atoms with Crippen molar-refractivity contribution in [1.29, 1.82) is 0 Å². The maximum Gasteiger partial charge on any atom is 0.225 e. The quantitative estimate of drug-likeness (QED) is 0.677. The van der Waals surface area contributed by atoms with Crippen molar-refractivity contribution in [3.63, 3.8) is 0 Å². The maximum absolute atomic E-state index is 12.3. The molecular formula is C21H26N6O2. The van der Waals surface area contributed by atoms with Crippen molar-refractivity contribution in [2.45, 2.75) is 20.8 Å². The SMILES string of the molecule is COc1ccc(-n2ncc3c(N4CCN(C(=O)C(C)C)CC4)nc(C)nc32)cc1. The molecule has 0 radical (unpaired) electrons. The Balaban J connectivity index is 1.64.